The van der Waals surface area contributed by atoms with Gasteiger partial charge in [0.2, 0.25) is 0 Å². The lowest BCUT2D eigenvalue weighted by Gasteiger charge is -2.29. The van der Waals surface area contributed by atoms with Crippen molar-refractivity contribution in [2.24, 2.45) is 0 Å². The maximum atomic E-state index is 11.8. The van der Waals surface area contributed by atoms with E-state index in [1.165, 1.54) is 19.3 Å². The molecule has 1 heterocycles. The Morgan fingerprint density at radius 1 is 0.966 bits per heavy atom. The predicted octanol–water partition coefficient (Wildman–Crippen LogP) is -1.64. The minimum atomic E-state index is -1.46. The summed E-state index contributed by atoms with van der Waals surface area (Å²) in [7, 11) is 1.38. The molecule has 13 heteroatoms. The fourth-order valence-corrected chi connectivity index (χ4v) is 2.68. The SMILES string of the molecule is CNC(=O)c1cc(C(C(=O)O)N(CCN(CC(=O)O)CC(=O)O)CC(=O)O)c[nH]1. The first kappa shape index (κ1) is 23.6. The summed E-state index contributed by atoms with van der Waals surface area (Å²) in [5.41, 5.74) is 0.183. The Bertz CT molecular complexity index is 760. The molecular weight excluding hydrogens is 392 g/mol. The molecule has 0 bridgehead atoms. The van der Waals surface area contributed by atoms with E-state index in [9.17, 15) is 29.1 Å². The highest BCUT2D eigenvalue weighted by Crippen LogP contribution is 2.22. The second-order valence-electron chi connectivity index (χ2n) is 6.03. The number of nitrogens with zero attached hydrogens (tertiary/aromatic N) is 2. The van der Waals surface area contributed by atoms with Crippen LogP contribution >= 0.6 is 0 Å². The van der Waals surface area contributed by atoms with Gasteiger partial charge in [0.15, 0.2) is 0 Å². The molecule has 1 atom stereocenters. The smallest absolute Gasteiger partial charge is 0.325 e. The van der Waals surface area contributed by atoms with Gasteiger partial charge in [0.25, 0.3) is 5.91 Å². The molecule has 0 aliphatic rings. The van der Waals surface area contributed by atoms with E-state index in [0.29, 0.717) is 0 Å². The summed E-state index contributed by atoms with van der Waals surface area (Å²) in [6.45, 7) is -2.38. The van der Waals surface area contributed by atoms with Crippen LogP contribution in [0.2, 0.25) is 0 Å². The second kappa shape index (κ2) is 10.8. The Morgan fingerprint density at radius 2 is 1.52 bits per heavy atom. The first-order valence-electron chi connectivity index (χ1n) is 8.30. The summed E-state index contributed by atoms with van der Waals surface area (Å²) >= 11 is 0. The molecule has 0 aliphatic heterocycles. The largest absolute Gasteiger partial charge is 0.480 e. The highest BCUT2D eigenvalue weighted by atomic mass is 16.4. The molecule has 0 fully saturated rings. The number of hydrogen-bond donors (Lipinski definition) is 6. The van der Waals surface area contributed by atoms with Gasteiger partial charge in [-0.1, -0.05) is 0 Å². The number of amides is 1. The molecule has 0 aliphatic carbocycles. The van der Waals surface area contributed by atoms with E-state index in [1.807, 2.05) is 0 Å². The van der Waals surface area contributed by atoms with Crippen LogP contribution in [0.15, 0.2) is 12.3 Å². The van der Waals surface area contributed by atoms with Crippen molar-refractivity contribution < 1.29 is 44.4 Å². The molecule has 29 heavy (non-hydrogen) atoms. The van der Waals surface area contributed by atoms with Crippen LogP contribution in [0.1, 0.15) is 22.1 Å². The Labute approximate surface area is 164 Å². The third-order valence-electron chi connectivity index (χ3n) is 3.85. The number of carboxylic acids is 4. The summed E-state index contributed by atoms with van der Waals surface area (Å²) in [6.07, 6.45) is 1.25. The van der Waals surface area contributed by atoms with Gasteiger partial charge in [-0.3, -0.25) is 33.8 Å². The normalized spacial score (nSPS) is 12.0. The van der Waals surface area contributed by atoms with Crippen LogP contribution in [0.3, 0.4) is 0 Å². The van der Waals surface area contributed by atoms with Gasteiger partial charge in [0, 0.05) is 26.3 Å². The van der Waals surface area contributed by atoms with Crippen molar-refractivity contribution >= 4 is 29.8 Å². The highest BCUT2D eigenvalue weighted by molar-refractivity contribution is 5.92. The van der Waals surface area contributed by atoms with E-state index in [2.05, 4.69) is 10.3 Å². The van der Waals surface area contributed by atoms with E-state index >= 15 is 0 Å². The topological polar surface area (TPSA) is 201 Å². The van der Waals surface area contributed by atoms with Crippen LogP contribution < -0.4 is 5.32 Å². The zero-order chi connectivity index (χ0) is 22.1. The van der Waals surface area contributed by atoms with Crippen LogP contribution in [0.4, 0.5) is 0 Å². The molecule has 0 spiro atoms. The number of carbonyl (C=O) groups is 5. The number of carbonyl (C=O) groups excluding carboxylic acids is 1. The third kappa shape index (κ3) is 7.59. The molecule has 0 saturated carbocycles. The molecule has 1 amide bonds. The predicted molar refractivity (Wildman–Crippen MR) is 95.5 cm³/mol. The van der Waals surface area contributed by atoms with Gasteiger partial charge in [0.1, 0.15) is 11.7 Å². The maximum absolute atomic E-state index is 11.8. The van der Waals surface area contributed by atoms with Gasteiger partial charge < -0.3 is 30.7 Å². The Hall–Kier alpha value is -3.45. The van der Waals surface area contributed by atoms with Crippen molar-refractivity contribution in [3.63, 3.8) is 0 Å². The van der Waals surface area contributed by atoms with Crippen LogP contribution in [0.25, 0.3) is 0 Å². The molecule has 1 aromatic heterocycles. The summed E-state index contributed by atoms with van der Waals surface area (Å²) < 4.78 is 0. The van der Waals surface area contributed by atoms with Crippen molar-refractivity contribution in [2.45, 2.75) is 6.04 Å². The third-order valence-corrected chi connectivity index (χ3v) is 3.85. The number of aromatic amines is 1. The summed E-state index contributed by atoms with van der Waals surface area (Å²) in [5.74, 6) is -5.80. The number of hydrogen-bond acceptors (Lipinski definition) is 7. The quantitative estimate of drug-likeness (QED) is 0.216. The lowest BCUT2D eigenvalue weighted by atomic mass is 10.1. The average molecular weight is 414 g/mol. The molecule has 160 valence electrons. The summed E-state index contributed by atoms with van der Waals surface area (Å²) in [4.78, 5) is 61.2. The standard InChI is InChI=1S/C16H22N4O9/c1-17-15(27)10-4-9(5-18-10)14(16(28)29)20(8-13(25)26)3-2-19(6-11(21)22)7-12(23)24/h4-5,14,18H,2-3,6-8H2,1H3,(H,17,27)(H,21,22)(H,23,24)(H,25,26)(H,28,29). The van der Waals surface area contributed by atoms with Crippen LogP contribution in [-0.2, 0) is 19.2 Å². The lowest BCUT2D eigenvalue weighted by molar-refractivity contribution is -0.148. The zero-order valence-corrected chi connectivity index (χ0v) is 15.5. The van der Waals surface area contributed by atoms with Gasteiger partial charge in [-0.2, -0.15) is 0 Å². The molecular formula is C16H22N4O9. The summed E-state index contributed by atoms with van der Waals surface area (Å²) in [6, 6.07) is -0.198. The van der Waals surface area contributed by atoms with Crippen molar-refractivity contribution in [3.8, 4) is 0 Å². The number of aromatic nitrogens is 1. The zero-order valence-electron chi connectivity index (χ0n) is 15.5. The van der Waals surface area contributed by atoms with E-state index in [4.69, 9.17) is 15.3 Å². The first-order valence-corrected chi connectivity index (χ1v) is 8.30. The number of nitrogens with one attached hydrogen (secondary N) is 2. The molecule has 0 aromatic carbocycles. The van der Waals surface area contributed by atoms with E-state index in [-0.39, 0.29) is 24.3 Å². The lowest BCUT2D eigenvalue weighted by Crippen LogP contribution is -2.44. The number of aliphatic carboxylic acids is 4. The number of rotatable bonds is 13. The molecule has 1 unspecified atom stereocenters. The summed E-state index contributed by atoms with van der Waals surface area (Å²) in [5, 5.41) is 38.9. The fourth-order valence-electron chi connectivity index (χ4n) is 2.68. The van der Waals surface area contributed by atoms with Gasteiger partial charge in [0.05, 0.1) is 19.6 Å². The van der Waals surface area contributed by atoms with E-state index in [0.717, 1.165) is 9.80 Å². The van der Waals surface area contributed by atoms with Crippen LogP contribution in [0, 0.1) is 0 Å². The Balaban J connectivity index is 3.10. The van der Waals surface area contributed by atoms with Crippen molar-refractivity contribution in [3.05, 3.63) is 23.5 Å². The molecule has 1 rings (SSSR count). The molecule has 0 radical (unpaired) electrons. The van der Waals surface area contributed by atoms with Gasteiger partial charge in [-0.05, 0) is 11.6 Å². The van der Waals surface area contributed by atoms with E-state index < -0.39 is 55.5 Å². The molecule has 0 saturated heterocycles. The molecule has 1 aromatic rings. The monoisotopic (exact) mass is 414 g/mol. The number of carboxylic acid groups (broad SMARTS) is 4. The van der Waals surface area contributed by atoms with Crippen molar-refractivity contribution in [1.82, 2.24) is 20.1 Å². The average Bonchev–Trinajstić information content (AvgIpc) is 3.06. The van der Waals surface area contributed by atoms with E-state index in [1.54, 1.807) is 0 Å². The minimum Gasteiger partial charge on any atom is -0.480 e. The van der Waals surface area contributed by atoms with Crippen molar-refractivity contribution in [2.75, 3.05) is 39.8 Å². The van der Waals surface area contributed by atoms with Gasteiger partial charge in [-0.25, -0.2) is 0 Å². The van der Waals surface area contributed by atoms with Gasteiger partial charge in [-0.15, -0.1) is 0 Å². The number of H-pyrrole nitrogens is 1. The highest BCUT2D eigenvalue weighted by Gasteiger charge is 2.31. The fraction of sp³-hybridized carbons (Fsp3) is 0.438. The maximum Gasteiger partial charge on any atom is 0.325 e. The Kier molecular flexibility index (Phi) is 8.76. The first-order chi connectivity index (χ1) is 13.5. The second-order valence-corrected chi connectivity index (χ2v) is 6.03. The molecule has 6 N–H and O–H groups in total. The van der Waals surface area contributed by atoms with Crippen LogP contribution in [0.5, 0.6) is 0 Å². The minimum absolute atomic E-state index is 0.0717. The molecule has 13 nitrogen and oxygen atoms in total. The van der Waals surface area contributed by atoms with Gasteiger partial charge >= 0.3 is 23.9 Å². The van der Waals surface area contributed by atoms with Crippen molar-refractivity contribution in [1.29, 1.82) is 0 Å². The van der Waals surface area contributed by atoms with Crippen LogP contribution in [-0.4, -0.2) is 105 Å². The Morgan fingerprint density at radius 3 is 1.97 bits per heavy atom.